The fourth-order valence-corrected chi connectivity index (χ4v) is 0.844. The number of nitrogens with one attached hydrogen (secondary N) is 1. The smallest absolute Gasteiger partial charge is 0.128 e. The number of rotatable bonds is 1. The molecule has 3 N–H and O–H groups in total. The summed E-state index contributed by atoms with van der Waals surface area (Å²) in [4.78, 5) is 0. The Morgan fingerprint density at radius 3 is 2.38 bits per heavy atom. The number of nitrogen functional groups attached to an aromatic ring is 1. The second-order valence-corrected chi connectivity index (χ2v) is 2.37. The molecule has 0 spiro atoms. The fourth-order valence-electron chi connectivity index (χ4n) is 0.844. The van der Waals surface area contributed by atoms with Gasteiger partial charge in [0.1, 0.15) is 5.82 Å². The van der Waals surface area contributed by atoms with Crippen LogP contribution in [-0.4, -0.2) is 6.21 Å². The van der Waals surface area contributed by atoms with E-state index in [1.165, 1.54) is 6.07 Å². The lowest BCUT2D eigenvalue weighted by Crippen LogP contribution is -1.95. The van der Waals surface area contributed by atoms with Crippen molar-refractivity contribution >= 4 is 11.9 Å². The molecule has 72 valence electrons. The lowest BCUT2D eigenvalue weighted by atomic mass is 10.1. The zero-order chi connectivity index (χ0) is 10.4. The highest BCUT2D eigenvalue weighted by Gasteiger charge is 2.01. The minimum absolute atomic E-state index is 0.308. The number of benzene rings is 1. The first-order chi connectivity index (χ1) is 6.15. The van der Waals surface area contributed by atoms with Crippen LogP contribution in [0.4, 0.5) is 10.1 Å². The summed E-state index contributed by atoms with van der Waals surface area (Å²) >= 11 is 0. The highest BCUT2D eigenvalue weighted by molar-refractivity contribution is 5.85. The molecule has 0 unspecified atom stereocenters. The van der Waals surface area contributed by atoms with E-state index in [2.05, 4.69) is 0 Å². The zero-order valence-electron chi connectivity index (χ0n) is 8.19. The number of anilines is 1. The number of aryl methyl sites for hydroxylation is 1. The van der Waals surface area contributed by atoms with E-state index in [-0.39, 0.29) is 5.82 Å². The summed E-state index contributed by atoms with van der Waals surface area (Å²) in [7, 11) is 0. The first kappa shape index (κ1) is 11.6. The van der Waals surface area contributed by atoms with Gasteiger partial charge < -0.3 is 11.1 Å². The van der Waals surface area contributed by atoms with Crippen LogP contribution in [-0.2, 0) is 0 Å². The standard InChI is InChI=1S/C8H9FN2.C2H6/c1-5-2-6(4-10)8(11)3-7(5)9;1-2/h2-4,10H,11H2,1H3;1-2H3. The Kier molecular flexibility index (Phi) is 4.74. The van der Waals surface area contributed by atoms with Crippen molar-refractivity contribution in [3.63, 3.8) is 0 Å². The van der Waals surface area contributed by atoms with Crippen molar-refractivity contribution in [2.75, 3.05) is 5.73 Å². The van der Waals surface area contributed by atoms with E-state index in [9.17, 15) is 4.39 Å². The van der Waals surface area contributed by atoms with Crippen LogP contribution < -0.4 is 5.73 Å². The van der Waals surface area contributed by atoms with E-state index in [4.69, 9.17) is 11.1 Å². The molecule has 0 saturated heterocycles. The van der Waals surface area contributed by atoms with Crippen molar-refractivity contribution in [3.8, 4) is 0 Å². The predicted octanol–water partition coefficient (Wildman–Crippen LogP) is 2.74. The molecule has 3 heteroatoms. The second kappa shape index (κ2) is 5.30. The molecule has 0 aliphatic carbocycles. The van der Waals surface area contributed by atoms with Crippen LogP contribution >= 0.6 is 0 Å². The molecule has 0 aliphatic heterocycles. The first-order valence-corrected chi connectivity index (χ1v) is 4.21. The summed E-state index contributed by atoms with van der Waals surface area (Å²) < 4.78 is 12.7. The van der Waals surface area contributed by atoms with Crippen LogP contribution in [0.5, 0.6) is 0 Å². The maximum absolute atomic E-state index is 12.7. The topological polar surface area (TPSA) is 49.9 Å². The number of halogens is 1. The summed E-state index contributed by atoms with van der Waals surface area (Å²) in [6.07, 6.45) is 1.11. The molecule has 0 bridgehead atoms. The molecule has 0 aromatic heterocycles. The molecule has 1 aromatic rings. The lowest BCUT2D eigenvalue weighted by molar-refractivity contribution is 0.619. The van der Waals surface area contributed by atoms with E-state index in [1.807, 2.05) is 13.8 Å². The number of nitrogens with two attached hydrogens (primary N) is 1. The van der Waals surface area contributed by atoms with Gasteiger partial charge in [-0.1, -0.05) is 13.8 Å². The largest absolute Gasteiger partial charge is 0.398 e. The molecule has 0 atom stereocenters. The van der Waals surface area contributed by atoms with Gasteiger partial charge in [-0.15, -0.1) is 0 Å². The van der Waals surface area contributed by atoms with Gasteiger partial charge in [-0.3, -0.25) is 0 Å². The van der Waals surface area contributed by atoms with Crippen LogP contribution in [0, 0.1) is 18.2 Å². The Labute approximate surface area is 78.1 Å². The zero-order valence-corrected chi connectivity index (χ0v) is 8.19. The van der Waals surface area contributed by atoms with Crippen molar-refractivity contribution in [1.82, 2.24) is 0 Å². The SMILES string of the molecule is CC.Cc1cc(C=N)c(N)cc1F. The summed E-state index contributed by atoms with van der Waals surface area (Å²) in [5, 5.41) is 6.92. The van der Waals surface area contributed by atoms with Crippen molar-refractivity contribution in [1.29, 1.82) is 5.41 Å². The first-order valence-electron chi connectivity index (χ1n) is 4.21. The highest BCUT2D eigenvalue weighted by atomic mass is 19.1. The van der Waals surface area contributed by atoms with Crippen LogP contribution in [0.25, 0.3) is 0 Å². The van der Waals surface area contributed by atoms with Gasteiger partial charge in [0, 0.05) is 17.5 Å². The van der Waals surface area contributed by atoms with Gasteiger partial charge in [0.15, 0.2) is 0 Å². The van der Waals surface area contributed by atoms with E-state index in [0.717, 1.165) is 6.21 Å². The van der Waals surface area contributed by atoms with Gasteiger partial charge in [0.05, 0.1) is 0 Å². The Balaban J connectivity index is 0.000000671. The van der Waals surface area contributed by atoms with Crippen molar-refractivity contribution in [2.45, 2.75) is 20.8 Å². The molecular weight excluding hydrogens is 167 g/mol. The monoisotopic (exact) mass is 182 g/mol. The average Bonchev–Trinajstić information content (AvgIpc) is 2.15. The summed E-state index contributed by atoms with van der Waals surface area (Å²) in [5.41, 5.74) is 6.79. The number of hydrogen-bond donors (Lipinski definition) is 2. The molecule has 0 radical (unpaired) electrons. The molecule has 0 fully saturated rings. The van der Waals surface area contributed by atoms with Crippen LogP contribution in [0.15, 0.2) is 12.1 Å². The molecule has 0 saturated carbocycles. The molecule has 0 heterocycles. The molecule has 1 rings (SSSR count). The fraction of sp³-hybridized carbons (Fsp3) is 0.300. The van der Waals surface area contributed by atoms with E-state index < -0.39 is 0 Å². The Morgan fingerprint density at radius 1 is 1.38 bits per heavy atom. The average molecular weight is 182 g/mol. The van der Waals surface area contributed by atoms with E-state index in [1.54, 1.807) is 13.0 Å². The highest BCUT2D eigenvalue weighted by Crippen LogP contribution is 2.15. The molecule has 0 aliphatic rings. The van der Waals surface area contributed by atoms with Crippen molar-refractivity contribution in [3.05, 3.63) is 29.1 Å². The van der Waals surface area contributed by atoms with Crippen LogP contribution in [0.1, 0.15) is 25.0 Å². The Bertz CT molecular complexity index is 295. The molecule has 0 amide bonds. The van der Waals surface area contributed by atoms with Gasteiger partial charge in [0.2, 0.25) is 0 Å². The maximum atomic E-state index is 12.7. The minimum atomic E-state index is -0.326. The summed E-state index contributed by atoms with van der Waals surface area (Å²) in [5.74, 6) is -0.326. The molecule has 2 nitrogen and oxygen atoms in total. The molecule has 1 aromatic carbocycles. The Morgan fingerprint density at radius 2 is 1.92 bits per heavy atom. The quantitative estimate of drug-likeness (QED) is 0.509. The summed E-state index contributed by atoms with van der Waals surface area (Å²) in [6, 6.07) is 2.79. The minimum Gasteiger partial charge on any atom is -0.398 e. The van der Waals surface area contributed by atoms with Crippen molar-refractivity contribution in [2.24, 2.45) is 0 Å². The maximum Gasteiger partial charge on any atom is 0.128 e. The normalized spacial score (nSPS) is 8.62. The van der Waals surface area contributed by atoms with Crippen molar-refractivity contribution < 1.29 is 4.39 Å². The lowest BCUT2D eigenvalue weighted by Gasteiger charge is -2.01. The van der Waals surface area contributed by atoms with Crippen LogP contribution in [0.3, 0.4) is 0 Å². The van der Waals surface area contributed by atoms with Gasteiger partial charge in [0.25, 0.3) is 0 Å². The third kappa shape index (κ3) is 2.86. The third-order valence-electron chi connectivity index (χ3n) is 1.52. The second-order valence-electron chi connectivity index (χ2n) is 2.37. The van der Waals surface area contributed by atoms with Gasteiger partial charge >= 0.3 is 0 Å². The third-order valence-corrected chi connectivity index (χ3v) is 1.52. The predicted molar refractivity (Wildman–Crippen MR) is 54.8 cm³/mol. The van der Waals surface area contributed by atoms with Crippen LogP contribution in [0.2, 0.25) is 0 Å². The van der Waals surface area contributed by atoms with Gasteiger partial charge in [-0.2, -0.15) is 0 Å². The van der Waals surface area contributed by atoms with Gasteiger partial charge in [-0.05, 0) is 24.6 Å². The molecule has 13 heavy (non-hydrogen) atoms. The number of hydrogen-bond acceptors (Lipinski definition) is 2. The van der Waals surface area contributed by atoms with E-state index in [0.29, 0.717) is 16.8 Å². The Hall–Kier alpha value is -1.38. The summed E-state index contributed by atoms with van der Waals surface area (Å²) in [6.45, 7) is 5.64. The van der Waals surface area contributed by atoms with E-state index >= 15 is 0 Å². The van der Waals surface area contributed by atoms with Gasteiger partial charge in [-0.25, -0.2) is 4.39 Å². The molecular formula is C10H15FN2.